The molecule has 30 heavy (non-hydrogen) atoms. The molecule has 0 N–H and O–H groups in total. The summed E-state index contributed by atoms with van der Waals surface area (Å²) in [7, 11) is 1.59. The number of aryl methyl sites for hydroxylation is 2. The highest BCUT2D eigenvalue weighted by molar-refractivity contribution is 6.01. The molecule has 6 nitrogen and oxygen atoms in total. The lowest BCUT2D eigenvalue weighted by Gasteiger charge is -2.35. The molecule has 2 heterocycles. The fraction of sp³-hybridized carbons (Fsp3) is 0.417. The molecule has 0 saturated carbocycles. The Kier molecular flexibility index (Phi) is 5.77. The molecule has 0 spiro atoms. The van der Waals surface area contributed by atoms with Gasteiger partial charge in [0.2, 0.25) is 11.8 Å². The fourth-order valence-electron chi connectivity index (χ4n) is 4.36. The van der Waals surface area contributed by atoms with E-state index in [1.807, 2.05) is 42.2 Å². The van der Waals surface area contributed by atoms with Crippen LogP contribution in [0.15, 0.2) is 42.5 Å². The van der Waals surface area contributed by atoms with Crippen LogP contribution in [0, 0.1) is 19.8 Å². The van der Waals surface area contributed by atoms with Crippen molar-refractivity contribution in [3.05, 3.63) is 59.2 Å². The van der Waals surface area contributed by atoms with Gasteiger partial charge in [-0.3, -0.25) is 9.59 Å². The molecule has 0 radical (unpaired) electrons. The quantitative estimate of drug-likeness (QED) is 0.779. The molecular formula is C24H28N2O4. The molecule has 2 fully saturated rings. The van der Waals surface area contributed by atoms with E-state index in [4.69, 9.17) is 9.47 Å². The first-order valence-electron chi connectivity index (χ1n) is 10.4. The lowest BCUT2D eigenvalue weighted by molar-refractivity contribution is -0.143. The summed E-state index contributed by atoms with van der Waals surface area (Å²) in [5.74, 6) is 0.284. The smallest absolute Gasteiger partial charge is 0.228 e. The summed E-state index contributed by atoms with van der Waals surface area (Å²) in [5.41, 5.74) is 4.05. The minimum absolute atomic E-state index is 0.0272. The molecule has 2 atom stereocenters. The number of anilines is 1. The van der Waals surface area contributed by atoms with E-state index in [-0.39, 0.29) is 30.3 Å². The fourth-order valence-corrected chi connectivity index (χ4v) is 4.36. The summed E-state index contributed by atoms with van der Waals surface area (Å²) < 4.78 is 11.4. The summed E-state index contributed by atoms with van der Waals surface area (Å²) in [6.07, 6.45) is 0.0939. The predicted molar refractivity (Wildman–Crippen MR) is 115 cm³/mol. The second-order valence-corrected chi connectivity index (χ2v) is 8.08. The molecule has 4 rings (SSSR count). The average Bonchev–Trinajstić information content (AvgIpc) is 3.15. The van der Waals surface area contributed by atoms with E-state index < -0.39 is 0 Å². The van der Waals surface area contributed by atoms with E-state index in [1.54, 1.807) is 12.0 Å². The molecule has 2 aliphatic heterocycles. The van der Waals surface area contributed by atoms with Crippen LogP contribution in [0.5, 0.6) is 5.75 Å². The Morgan fingerprint density at radius 3 is 2.70 bits per heavy atom. The minimum atomic E-state index is -0.349. The monoisotopic (exact) mass is 408 g/mol. The van der Waals surface area contributed by atoms with Crippen LogP contribution in [-0.2, 0) is 14.3 Å². The zero-order valence-electron chi connectivity index (χ0n) is 17.8. The van der Waals surface area contributed by atoms with Gasteiger partial charge in [0, 0.05) is 19.5 Å². The number of carbonyl (C=O) groups excluding carboxylic acids is 2. The first-order chi connectivity index (χ1) is 14.5. The molecule has 0 aliphatic carbocycles. The topological polar surface area (TPSA) is 59.1 Å². The highest BCUT2D eigenvalue weighted by atomic mass is 16.5. The van der Waals surface area contributed by atoms with Gasteiger partial charge in [-0.1, -0.05) is 30.3 Å². The number of rotatable bonds is 4. The average molecular weight is 408 g/mol. The lowest BCUT2D eigenvalue weighted by atomic mass is 10.0. The number of ether oxygens (including phenoxy) is 2. The first kappa shape index (κ1) is 20.4. The molecule has 2 saturated heterocycles. The van der Waals surface area contributed by atoms with Gasteiger partial charge < -0.3 is 19.3 Å². The minimum Gasteiger partial charge on any atom is -0.495 e. The molecule has 0 bridgehead atoms. The van der Waals surface area contributed by atoms with Gasteiger partial charge in [-0.2, -0.15) is 0 Å². The molecule has 0 aromatic heterocycles. The summed E-state index contributed by atoms with van der Waals surface area (Å²) in [6.45, 7) is 5.99. The second kappa shape index (κ2) is 8.48. The third-order valence-corrected chi connectivity index (χ3v) is 6.01. The van der Waals surface area contributed by atoms with Crippen molar-refractivity contribution in [1.29, 1.82) is 0 Å². The third-order valence-electron chi connectivity index (χ3n) is 6.01. The number of morpholine rings is 1. The first-order valence-corrected chi connectivity index (χ1v) is 10.4. The number of carbonyl (C=O) groups is 2. The summed E-state index contributed by atoms with van der Waals surface area (Å²) in [4.78, 5) is 29.6. The molecule has 6 heteroatoms. The van der Waals surface area contributed by atoms with Crippen molar-refractivity contribution < 1.29 is 19.1 Å². The van der Waals surface area contributed by atoms with Gasteiger partial charge in [0.25, 0.3) is 0 Å². The Labute approximate surface area is 177 Å². The maximum absolute atomic E-state index is 13.3. The molecule has 158 valence electrons. The molecule has 2 aliphatic rings. The van der Waals surface area contributed by atoms with Crippen LogP contribution in [0.2, 0.25) is 0 Å². The van der Waals surface area contributed by atoms with Crippen LogP contribution < -0.4 is 9.64 Å². The van der Waals surface area contributed by atoms with E-state index in [2.05, 4.69) is 19.1 Å². The van der Waals surface area contributed by atoms with E-state index >= 15 is 0 Å². The summed E-state index contributed by atoms with van der Waals surface area (Å²) in [5, 5.41) is 0. The summed E-state index contributed by atoms with van der Waals surface area (Å²) >= 11 is 0. The maximum atomic E-state index is 13.3. The highest BCUT2D eigenvalue weighted by Crippen LogP contribution is 2.35. The Hall–Kier alpha value is -2.86. The largest absolute Gasteiger partial charge is 0.495 e. The highest BCUT2D eigenvalue weighted by Gasteiger charge is 2.39. The van der Waals surface area contributed by atoms with Crippen LogP contribution in [0.4, 0.5) is 5.69 Å². The van der Waals surface area contributed by atoms with E-state index in [9.17, 15) is 9.59 Å². The van der Waals surface area contributed by atoms with Crippen molar-refractivity contribution >= 4 is 17.5 Å². The van der Waals surface area contributed by atoms with Crippen LogP contribution in [0.3, 0.4) is 0 Å². The van der Waals surface area contributed by atoms with Crippen molar-refractivity contribution in [2.75, 3.05) is 38.3 Å². The third kappa shape index (κ3) is 3.92. The zero-order valence-corrected chi connectivity index (χ0v) is 17.8. The van der Waals surface area contributed by atoms with Crippen molar-refractivity contribution in [1.82, 2.24) is 4.90 Å². The standard InChI is InChI=1S/C24H28N2O4/c1-16-8-9-21(29-3)20(12-16)26-14-18(13-23(26)27)24(28)25-10-11-30-22(15-25)19-7-5-4-6-17(19)2/h4-9,12,18,22H,10-11,13-15H2,1-3H3. The Morgan fingerprint density at radius 1 is 1.13 bits per heavy atom. The van der Waals surface area contributed by atoms with Crippen LogP contribution in [-0.4, -0.2) is 50.1 Å². The SMILES string of the molecule is COc1ccc(C)cc1N1CC(C(=O)N2CCOC(c3ccccc3C)C2)CC1=O. The maximum Gasteiger partial charge on any atom is 0.228 e. The number of hydrogen-bond donors (Lipinski definition) is 0. The van der Waals surface area contributed by atoms with Gasteiger partial charge in [0.15, 0.2) is 0 Å². The van der Waals surface area contributed by atoms with Crippen LogP contribution >= 0.6 is 0 Å². The van der Waals surface area contributed by atoms with Gasteiger partial charge in [-0.25, -0.2) is 0 Å². The van der Waals surface area contributed by atoms with Crippen LogP contribution in [0.25, 0.3) is 0 Å². The molecular weight excluding hydrogens is 380 g/mol. The van der Waals surface area contributed by atoms with Crippen LogP contribution in [0.1, 0.15) is 29.2 Å². The van der Waals surface area contributed by atoms with Gasteiger partial charge in [0.1, 0.15) is 11.9 Å². The summed E-state index contributed by atoms with van der Waals surface area (Å²) in [6, 6.07) is 13.9. The van der Waals surface area contributed by atoms with Gasteiger partial charge >= 0.3 is 0 Å². The van der Waals surface area contributed by atoms with Crippen molar-refractivity contribution in [2.24, 2.45) is 5.92 Å². The van der Waals surface area contributed by atoms with Gasteiger partial charge in [0.05, 0.1) is 31.9 Å². The Morgan fingerprint density at radius 2 is 1.93 bits per heavy atom. The second-order valence-electron chi connectivity index (χ2n) is 8.08. The Bertz CT molecular complexity index is 958. The van der Waals surface area contributed by atoms with Crippen molar-refractivity contribution in [3.8, 4) is 5.75 Å². The van der Waals surface area contributed by atoms with E-state index in [0.29, 0.717) is 32.0 Å². The van der Waals surface area contributed by atoms with Gasteiger partial charge in [-0.05, 0) is 42.7 Å². The molecule has 2 aromatic carbocycles. The van der Waals surface area contributed by atoms with Crippen molar-refractivity contribution in [2.45, 2.75) is 26.4 Å². The van der Waals surface area contributed by atoms with Crippen molar-refractivity contribution in [3.63, 3.8) is 0 Å². The normalized spacial score (nSPS) is 21.8. The zero-order chi connectivity index (χ0) is 21.3. The Balaban J connectivity index is 1.49. The lowest BCUT2D eigenvalue weighted by Crippen LogP contribution is -2.45. The number of amides is 2. The van der Waals surface area contributed by atoms with E-state index in [1.165, 1.54) is 0 Å². The van der Waals surface area contributed by atoms with Gasteiger partial charge in [-0.15, -0.1) is 0 Å². The number of methoxy groups -OCH3 is 1. The molecule has 2 amide bonds. The number of nitrogens with zero attached hydrogens (tertiary/aromatic N) is 2. The molecule has 2 unspecified atom stereocenters. The molecule has 2 aromatic rings. The number of benzene rings is 2. The van der Waals surface area contributed by atoms with E-state index in [0.717, 1.165) is 22.4 Å². The predicted octanol–water partition coefficient (Wildman–Crippen LogP) is 3.27. The number of hydrogen-bond acceptors (Lipinski definition) is 4.